The lowest BCUT2D eigenvalue weighted by molar-refractivity contribution is 0.524. The van der Waals surface area contributed by atoms with E-state index in [1.165, 1.54) is 5.69 Å². The summed E-state index contributed by atoms with van der Waals surface area (Å²) in [5, 5.41) is 11.1. The quantitative estimate of drug-likeness (QED) is 0.715. The lowest BCUT2D eigenvalue weighted by Gasteiger charge is -2.06. The Labute approximate surface area is 101 Å². The van der Waals surface area contributed by atoms with E-state index < -0.39 is 0 Å². The second-order valence-corrected chi connectivity index (χ2v) is 3.87. The third-order valence-electron chi connectivity index (χ3n) is 2.66. The number of imidazole rings is 1. The summed E-state index contributed by atoms with van der Waals surface area (Å²) >= 11 is 0. The number of nitrogens with one attached hydrogen (secondary N) is 1. The summed E-state index contributed by atoms with van der Waals surface area (Å²) < 4.78 is 3.99. The summed E-state index contributed by atoms with van der Waals surface area (Å²) in [7, 11) is 0. The second kappa shape index (κ2) is 6.15. The number of hydrogen-bond acceptors (Lipinski definition) is 4. The molecule has 17 heavy (non-hydrogen) atoms. The van der Waals surface area contributed by atoms with E-state index >= 15 is 0 Å². The van der Waals surface area contributed by atoms with E-state index in [1.54, 1.807) is 6.20 Å². The molecule has 2 rings (SSSR count). The fraction of sp³-hybridized carbons (Fsp3) is 0.545. The third-order valence-corrected chi connectivity index (χ3v) is 2.66. The Morgan fingerprint density at radius 1 is 1.41 bits per heavy atom. The van der Waals surface area contributed by atoms with Crippen LogP contribution in [0.3, 0.4) is 0 Å². The zero-order valence-corrected chi connectivity index (χ0v) is 10.1. The maximum Gasteiger partial charge on any atom is 0.0948 e. The largest absolute Gasteiger partial charge is 0.334 e. The first-order valence-electron chi connectivity index (χ1n) is 5.94. The van der Waals surface area contributed by atoms with Gasteiger partial charge in [-0.2, -0.15) is 0 Å². The molecule has 0 fully saturated rings. The molecule has 0 atom stereocenters. The van der Waals surface area contributed by atoms with Gasteiger partial charge in [0.05, 0.1) is 18.2 Å². The van der Waals surface area contributed by atoms with Crippen LogP contribution < -0.4 is 5.32 Å². The monoisotopic (exact) mass is 234 g/mol. The summed E-state index contributed by atoms with van der Waals surface area (Å²) in [4.78, 5) is 4.13. The number of aryl methyl sites for hydroxylation is 2. The smallest absolute Gasteiger partial charge is 0.0948 e. The molecule has 0 spiro atoms. The number of hydrogen-bond donors (Lipinski definition) is 1. The Morgan fingerprint density at radius 2 is 2.35 bits per heavy atom. The minimum Gasteiger partial charge on any atom is -0.334 e. The van der Waals surface area contributed by atoms with Crippen molar-refractivity contribution in [2.75, 3.05) is 6.54 Å². The lowest BCUT2D eigenvalue weighted by atomic mass is 10.4. The van der Waals surface area contributed by atoms with Crippen LogP contribution in [0, 0.1) is 0 Å². The molecule has 0 radical (unpaired) electrons. The van der Waals surface area contributed by atoms with Gasteiger partial charge in [0.25, 0.3) is 0 Å². The van der Waals surface area contributed by atoms with Crippen LogP contribution in [0.15, 0.2) is 24.9 Å². The van der Waals surface area contributed by atoms with Crippen molar-refractivity contribution in [3.8, 4) is 0 Å². The van der Waals surface area contributed by atoms with Gasteiger partial charge in [-0.25, -0.2) is 4.98 Å². The summed E-state index contributed by atoms with van der Waals surface area (Å²) in [5.41, 5.74) is 1.23. The molecule has 0 saturated heterocycles. The van der Waals surface area contributed by atoms with Crippen molar-refractivity contribution in [2.24, 2.45) is 0 Å². The minimum atomic E-state index is 0.866. The second-order valence-electron chi connectivity index (χ2n) is 3.87. The Morgan fingerprint density at radius 3 is 3.12 bits per heavy atom. The van der Waals surface area contributed by atoms with Gasteiger partial charge in [-0.3, -0.25) is 4.68 Å². The highest BCUT2D eigenvalue weighted by Crippen LogP contribution is 1.98. The fourth-order valence-electron chi connectivity index (χ4n) is 1.71. The average molecular weight is 234 g/mol. The zero-order valence-electron chi connectivity index (χ0n) is 10.1. The Hall–Kier alpha value is -1.69. The molecule has 6 nitrogen and oxygen atoms in total. The molecular weight excluding hydrogens is 216 g/mol. The normalized spacial score (nSPS) is 10.9. The molecule has 2 aromatic heterocycles. The summed E-state index contributed by atoms with van der Waals surface area (Å²) in [5.74, 6) is 0. The van der Waals surface area contributed by atoms with Crippen LogP contribution in [0.25, 0.3) is 0 Å². The fourth-order valence-corrected chi connectivity index (χ4v) is 1.71. The van der Waals surface area contributed by atoms with Crippen LogP contribution in [0.2, 0.25) is 0 Å². The molecule has 0 bridgehead atoms. The highest BCUT2D eigenvalue weighted by molar-refractivity contribution is 4.97. The van der Waals surface area contributed by atoms with Gasteiger partial charge in [0, 0.05) is 32.0 Å². The molecule has 0 aromatic carbocycles. The minimum absolute atomic E-state index is 0.866. The lowest BCUT2D eigenvalue weighted by Crippen LogP contribution is -2.18. The van der Waals surface area contributed by atoms with Crippen molar-refractivity contribution in [3.05, 3.63) is 30.6 Å². The first-order chi connectivity index (χ1) is 8.40. The Balaban J connectivity index is 1.63. The van der Waals surface area contributed by atoms with E-state index in [0.717, 1.165) is 32.6 Å². The van der Waals surface area contributed by atoms with Crippen LogP contribution in [0.1, 0.15) is 19.0 Å². The Bertz CT molecular complexity index is 419. The molecule has 0 saturated carbocycles. The van der Waals surface area contributed by atoms with E-state index in [4.69, 9.17) is 0 Å². The molecule has 0 aliphatic carbocycles. The number of nitrogens with zero attached hydrogens (tertiary/aromatic N) is 5. The molecular formula is C11H18N6. The van der Waals surface area contributed by atoms with Gasteiger partial charge in [0.2, 0.25) is 0 Å². The molecule has 1 N–H and O–H groups in total. The van der Waals surface area contributed by atoms with Crippen LogP contribution in [-0.2, 0) is 19.6 Å². The van der Waals surface area contributed by atoms with Crippen molar-refractivity contribution in [3.63, 3.8) is 0 Å². The topological polar surface area (TPSA) is 60.6 Å². The predicted octanol–water partition coefficient (Wildman–Crippen LogP) is 0.674. The van der Waals surface area contributed by atoms with Gasteiger partial charge in [0.1, 0.15) is 0 Å². The molecule has 92 valence electrons. The highest BCUT2D eigenvalue weighted by Gasteiger charge is 1.99. The maximum absolute atomic E-state index is 4.13. The highest BCUT2D eigenvalue weighted by atomic mass is 15.4. The van der Waals surface area contributed by atoms with Crippen molar-refractivity contribution >= 4 is 0 Å². The van der Waals surface area contributed by atoms with Crippen LogP contribution in [0.4, 0.5) is 0 Å². The first kappa shape index (κ1) is 11.8. The SMILES string of the molecule is CCn1cncc1CNCCCn1ccnn1. The third kappa shape index (κ3) is 3.39. The van der Waals surface area contributed by atoms with Crippen molar-refractivity contribution in [1.29, 1.82) is 0 Å². The van der Waals surface area contributed by atoms with E-state index in [-0.39, 0.29) is 0 Å². The van der Waals surface area contributed by atoms with Crippen molar-refractivity contribution in [2.45, 2.75) is 33.0 Å². The summed E-state index contributed by atoms with van der Waals surface area (Å²) in [6.07, 6.45) is 8.41. The predicted molar refractivity (Wildman–Crippen MR) is 64.2 cm³/mol. The van der Waals surface area contributed by atoms with Crippen LogP contribution in [0.5, 0.6) is 0 Å². The molecule has 0 aliphatic heterocycles. The number of aromatic nitrogens is 5. The van der Waals surface area contributed by atoms with Gasteiger partial charge in [-0.15, -0.1) is 5.10 Å². The molecule has 0 amide bonds. The van der Waals surface area contributed by atoms with E-state index in [0.29, 0.717) is 0 Å². The average Bonchev–Trinajstić information content (AvgIpc) is 2.98. The molecule has 0 unspecified atom stereocenters. The van der Waals surface area contributed by atoms with Gasteiger partial charge in [0.15, 0.2) is 0 Å². The van der Waals surface area contributed by atoms with Gasteiger partial charge < -0.3 is 9.88 Å². The summed E-state index contributed by atoms with van der Waals surface area (Å²) in [6.45, 7) is 5.83. The molecule has 2 aromatic rings. The maximum atomic E-state index is 4.13. The van der Waals surface area contributed by atoms with Gasteiger partial charge in [-0.05, 0) is 19.9 Å². The van der Waals surface area contributed by atoms with E-state index in [1.807, 2.05) is 23.4 Å². The standard InChI is InChI=1S/C11H18N6/c1-2-16-10-13-9-11(16)8-12-4-3-6-17-7-5-14-15-17/h5,7,9-10,12H,2-4,6,8H2,1H3. The van der Waals surface area contributed by atoms with E-state index in [2.05, 4.69) is 32.1 Å². The van der Waals surface area contributed by atoms with E-state index in [9.17, 15) is 0 Å². The van der Waals surface area contributed by atoms with Crippen LogP contribution >= 0.6 is 0 Å². The van der Waals surface area contributed by atoms with Gasteiger partial charge >= 0.3 is 0 Å². The molecule has 6 heteroatoms. The van der Waals surface area contributed by atoms with Crippen molar-refractivity contribution < 1.29 is 0 Å². The molecule has 0 aliphatic rings. The molecule has 2 heterocycles. The zero-order chi connectivity index (χ0) is 11.9. The Kier molecular flexibility index (Phi) is 4.26. The van der Waals surface area contributed by atoms with Gasteiger partial charge in [-0.1, -0.05) is 5.21 Å². The number of rotatable bonds is 7. The first-order valence-corrected chi connectivity index (χ1v) is 5.94. The van der Waals surface area contributed by atoms with Crippen molar-refractivity contribution in [1.82, 2.24) is 29.9 Å². The van der Waals surface area contributed by atoms with Crippen LogP contribution in [-0.4, -0.2) is 31.1 Å². The summed E-state index contributed by atoms with van der Waals surface area (Å²) in [6, 6.07) is 0.